The van der Waals surface area contributed by atoms with E-state index >= 15 is 0 Å². The Morgan fingerprint density at radius 2 is 1.88 bits per heavy atom. The summed E-state index contributed by atoms with van der Waals surface area (Å²) in [5.41, 5.74) is -1.48. The van der Waals surface area contributed by atoms with Gasteiger partial charge in [-0.2, -0.15) is 0 Å². The standard InChI is InChI=1S/C7H10ClN3O4S/c8-6-11-10-5(16-6)4(15)9-7(1-12,2-13)3-14/h12-14H,1-3H2,(H,9,15). The molecule has 0 saturated carbocycles. The molecule has 1 aromatic rings. The van der Waals surface area contributed by atoms with Crippen molar-refractivity contribution in [3.8, 4) is 0 Å². The van der Waals surface area contributed by atoms with E-state index < -0.39 is 31.3 Å². The average Bonchev–Trinajstić information content (AvgIpc) is 2.73. The summed E-state index contributed by atoms with van der Waals surface area (Å²) < 4.78 is 0.104. The van der Waals surface area contributed by atoms with Gasteiger partial charge in [0.25, 0.3) is 5.91 Å². The highest BCUT2D eigenvalue weighted by Gasteiger charge is 2.31. The van der Waals surface area contributed by atoms with Crippen LogP contribution in [0, 0.1) is 0 Å². The molecular weight excluding hydrogens is 258 g/mol. The molecule has 1 heterocycles. The Kier molecular flexibility index (Phi) is 4.56. The van der Waals surface area contributed by atoms with Crippen molar-refractivity contribution in [3.63, 3.8) is 0 Å². The predicted octanol–water partition coefficient (Wildman–Crippen LogP) is -1.36. The number of nitrogens with zero attached hydrogens (tertiary/aromatic N) is 2. The molecule has 9 heteroatoms. The van der Waals surface area contributed by atoms with E-state index in [-0.39, 0.29) is 9.47 Å². The van der Waals surface area contributed by atoms with Crippen LogP contribution in [0.5, 0.6) is 0 Å². The zero-order valence-electron chi connectivity index (χ0n) is 8.05. The fraction of sp³-hybridized carbons (Fsp3) is 0.571. The summed E-state index contributed by atoms with van der Waals surface area (Å²) in [6, 6.07) is 0. The van der Waals surface area contributed by atoms with Crippen LogP contribution >= 0.6 is 22.9 Å². The third-order valence-corrected chi connectivity index (χ3v) is 2.90. The minimum atomic E-state index is -1.48. The van der Waals surface area contributed by atoms with Gasteiger partial charge in [0.15, 0.2) is 0 Å². The van der Waals surface area contributed by atoms with E-state index in [1.165, 1.54) is 0 Å². The van der Waals surface area contributed by atoms with Crippen molar-refractivity contribution >= 4 is 28.8 Å². The normalized spacial score (nSPS) is 11.5. The molecule has 0 aliphatic carbocycles. The highest BCUT2D eigenvalue weighted by Crippen LogP contribution is 2.15. The predicted molar refractivity (Wildman–Crippen MR) is 56.4 cm³/mol. The zero-order valence-corrected chi connectivity index (χ0v) is 9.62. The van der Waals surface area contributed by atoms with Gasteiger partial charge in [0.05, 0.1) is 19.8 Å². The lowest BCUT2D eigenvalue weighted by molar-refractivity contribution is 0.0375. The second kappa shape index (κ2) is 5.51. The van der Waals surface area contributed by atoms with Crippen molar-refractivity contribution in [3.05, 3.63) is 9.47 Å². The maximum atomic E-state index is 11.6. The van der Waals surface area contributed by atoms with Crippen molar-refractivity contribution in [1.29, 1.82) is 0 Å². The smallest absolute Gasteiger partial charge is 0.282 e. The highest BCUT2D eigenvalue weighted by atomic mass is 35.5. The van der Waals surface area contributed by atoms with Crippen molar-refractivity contribution in [2.45, 2.75) is 5.54 Å². The molecule has 0 bridgehead atoms. The summed E-state index contributed by atoms with van der Waals surface area (Å²) in [5, 5.41) is 36.1. The Balaban J connectivity index is 2.76. The van der Waals surface area contributed by atoms with Gasteiger partial charge in [0.2, 0.25) is 9.47 Å². The second-order valence-corrected chi connectivity index (χ2v) is 4.63. The van der Waals surface area contributed by atoms with Crippen LogP contribution in [0.1, 0.15) is 9.80 Å². The molecule has 1 amide bonds. The van der Waals surface area contributed by atoms with E-state index in [9.17, 15) is 4.79 Å². The van der Waals surface area contributed by atoms with Gasteiger partial charge in [-0.05, 0) is 11.6 Å². The molecule has 0 fully saturated rings. The summed E-state index contributed by atoms with van der Waals surface area (Å²) in [5.74, 6) is -0.665. The fourth-order valence-corrected chi connectivity index (χ4v) is 1.58. The number of aliphatic hydroxyl groups excluding tert-OH is 3. The number of carbonyl (C=O) groups excluding carboxylic acids is 1. The van der Waals surface area contributed by atoms with Gasteiger partial charge >= 0.3 is 0 Å². The van der Waals surface area contributed by atoms with Crippen LogP contribution in [0.4, 0.5) is 0 Å². The first-order valence-electron chi connectivity index (χ1n) is 4.21. The lowest BCUT2D eigenvalue weighted by atomic mass is 10.0. The number of nitrogens with one attached hydrogen (secondary N) is 1. The number of hydrogen-bond acceptors (Lipinski definition) is 7. The molecule has 1 rings (SSSR count). The Morgan fingerprint density at radius 3 is 2.25 bits per heavy atom. The molecule has 4 N–H and O–H groups in total. The summed E-state index contributed by atoms with van der Waals surface area (Å²) in [6.07, 6.45) is 0. The molecule has 0 aliphatic rings. The number of amides is 1. The van der Waals surface area contributed by atoms with Crippen LogP contribution in [0.3, 0.4) is 0 Å². The Labute approximate surface area is 99.7 Å². The molecular formula is C7H10ClN3O4S. The van der Waals surface area contributed by atoms with Crippen molar-refractivity contribution in [1.82, 2.24) is 15.5 Å². The second-order valence-electron chi connectivity index (χ2n) is 3.07. The molecule has 0 atom stereocenters. The van der Waals surface area contributed by atoms with Gasteiger partial charge in [-0.25, -0.2) is 0 Å². The molecule has 0 radical (unpaired) electrons. The first-order chi connectivity index (χ1) is 7.56. The molecule has 7 nitrogen and oxygen atoms in total. The molecule has 0 saturated heterocycles. The quantitative estimate of drug-likeness (QED) is 0.524. The van der Waals surface area contributed by atoms with Gasteiger partial charge in [-0.3, -0.25) is 4.79 Å². The fourth-order valence-electron chi connectivity index (χ4n) is 0.860. The summed E-state index contributed by atoms with van der Waals surface area (Å²) >= 11 is 6.35. The molecule has 0 aliphatic heterocycles. The van der Waals surface area contributed by atoms with Crippen LogP contribution < -0.4 is 5.32 Å². The number of rotatable bonds is 5. The maximum absolute atomic E-state index is 11.6. The van der Waals surface area contributed by atoms with Crippen LogP contribution in [0.2, 0.25) is 4.47 Å². The van der Waals surface area contributed by atoms with E-state index in [0.717, 1.165) is 11.3 Å². The van der Waals surface area contributed by atoms with Gasteiger partial charge in [0.1, 0.15) is 5.54 Å². The minimum Gasteiger partial charge on any atom is -0.394 e. The van der Waals surface area contributed by atoms with Gasteiger partial charge in [0, 0.05) is 0 Å². The van der Waals surface area contributed by atoms with E-state index in [4.69, 9.17) is 26.9 Å². The number of aliphatic hydroxyl groups is 3. The van der Waals surface area contributed by atoms with Crippen LogP contribution in [-0.4, -0.2) is 56.8 Å². The number of hydrogen-bond donors (Lipinski definition) is 4. The summed E-state index contributed by atoms with van der Waals surface area (Å²) in [6.45, 7) is -1.80. The Morgan fingerprint density at radius 1 is 1.31 bits per heavy atom. The third kappa shape index (κ3) is 2.86. The van der Waals surface area contributed by atoms with Gasteiger partial charge in [-0.15, -0.1) is 10.2 Å². The SMILES string of the molecule is O=C(NC(CO)(CO)CO)c1nnc(Cl)s1. The van der Waals surface area contributed by atoms with Crippen molar-refractivity contribution in [2.24, 2.45) is 0 Å². The number of aromatic nitrogens is 2. The first kappa shape index (κ1) is 13.3. The van der Waals surface area contributed by atoms with Crippen LogP contribution in [0.15, 0.2) is 0 Å². The molecule has 1 aromatic heterocycles. The minimum absolute atomic E-state index is 0.00951. The largest absolute Gasteiger partial charge is 0.394 e. The van der Waals surface area contributed by atoms with E-state index in [0.29, 0.717) is 0 Å². The van der Waals surface area contributed by atoms with E-state index in [1.54, 1.807) is 0 Å². The molecule has 0 unspecified atom stereocenters. The lowest BCUT2D eigenvalue weighted by Gasteiger charge is -2.27. The summed E-state index contributed by atoms with van der Waals surface area (Å²) in [7, 11) is 0. The first-order valence-corrected chi connectivity index (χ1v) is 5.40. The monoisotopic (exact) mass is 267 g/mol. The molecule has 16 heavy (non-hydrogen) atoms. The topological polar surface area (TPSA) is 116 Å². The van der Waals surface area contributed by atoms with E-state index in [2.05, 4.69) is 15.5 Å². The van der Waals surface area contributed by atoms with Crippen LogP contribution in [-0.2, 0) is 0 Å². The third-order valence-electron chi connectivity index (χ3n) is 1.88. The molecule has 90 valence electrons. The van der Waals surface area contributed by atoms with Crippen molar-refractivity contribution in [2.75, 3.05) is 19.8 Å². The average molecular weight is 268 g/mol. The maximum Gasteiger partial charge on any atom is 0.282 e. The Bertz CT molecular complexity index is 360. The van der Waals surface area contributed by atoms with E-state index in [1.807, 2.05) is 0 Å². The highest BCUT2D eigenvalue weighted by molar-refractivity contribution is 7.17. The lowest BCUT2D eigenvalue weighted by Crippen LogP contribution is -2.57. The zero-order chi connectivity index (χ0) is 12.2. The molecule has 0 spiro atoms. The van der Waals surface area contributed by atoms with Gasteiger partial charge in [-0.1, -0.05) is 11.3 Å². The number of carbonyl (C=O) groups is 1. The number of halogens is 1. The summed E-state index contributed by atoms with van der Waals surface area (Å²) in [4.78, 5) is 11.6. The van der Waals surface area contributed by atoms with Gasteiger partial charge < -0.3 is 20.6 Å². The van der Waals surface area contributed by atoms with Crippen molar-refractivity contribution < 1.29 is 20.1 Å². The molecule has 0 aromatic carbocycles. The van der Waals surface area contributed by atoms with Crippen LogP contribution in [0.25, 0.3) is 0 Å². The Hall–Kier alpha value is -0.800.